The normalized spacial score (nSPS) is 18.4. The number of aliphatic imine (C=N–C) groups is 1. The molecule has 0 fully saturated rings. The molecule has 0 amide bonds. The molecule has 2 aromatic rings. The number of rotatable bonds is 2. The van der Waals surface area contributed by atoms with Crippen molar-refractivity contribution >= 4 is 6.21 Å². The van der Waals surface area contributed by atoms with Crippen LogP contribution in [-0.2, 0) is 6.42 Å². The molecule has 0 spiro atoms. The Morgan fingerprint density at radius 1 is 1.05 bits per heavy atom. The van der Waals surface area contributed by atoms with Crippen molar-refractivity contribution in [1.82, 2.24) is 0 Å². The second kappa shape index (κ2) is 5.27. The Hall–Kier alpha value is -2.09. The molecular formula is C17H17NO. The van der Waals surface area contributed by atoms with E-state index in [1.165, 1.54) is 17.5 Å². The highest BCUT2D eigenvalue weighted by molar-refractivity contribution is 5.83. The third-order valence-electron chi connectivity index (χ3n) is 3.67. The monoisotopic (exact) mass is 251 g/mol. The predicted octanol–water partition coefficient (Wildman–Crippen LogP) is 3.89. The molecule has 0 radical (unpaired) electrons. The first-order valence-corrected chi connectivity index (χ1v) is 6.73. The van der Waals surface area contributed by atoms with Crippen LogP contribution >= 0.6 is 0 Å². The zero-order valence-corrected chi connectivity index (χ0v) is 10.8. The summed E-state index contributed by atoms with van der Waals surface area (Å²) in [6.45, 7) is 0. The highest BCUT2D eigenvalue weighted by Crippen LogP contribution is 2.32. The van der Waals surface area contributed by atoms with Crippen LogP contribution in [0.15, 0.2) is 53.5 Å². The largest absolute Gasteiger partial charge is 0.507 e. The molecule has 1 aliphatic rings. The number of phenols is 1. The van der Waals surface area contributed by atoms with E-state index in [0.29, 0.717) is 0 Å². The molecule has 3 rings (SSSR count). The van der Waals surface area contributed by atoms with Gasteiger partial charge in [0.15, 0.2) is 0 Å². The molecule has 0 aromatic heterocycles. The number of phenolic OH excluding ortho intramolecular Hbond substituents is 1. The molecule has 1 aliphatic carbocycles. The van der Waals surface area contributed by atoms with Crippen LogP contribution in [-0.4, -0.2) is 11.3 Å². The highest BCUT2D eigenvalue weighted by atomic mass is 16.3. The lowest BCUT2D eigenvalue weighted by atomic mass is 9.88. The second-order valence-corrected chi connectivity index (χ2v) is 4.94. The van der Waals surface area contributed by atoms with Gasteiger partial charge in [-0.1, -0.05) is 36.4 Å². The number of aromatic hydroxyl groups is 1. The summed E-state index contributed by atoms with van der Waals surface area (Å²) >= 11 is 0. The highest BCUT2D eigenvalue weighted by Gasteiger charge is 2.18. The average molecular weight is 251 g/mol. The van der Waals surface area contributed by atoms with Crippen molar-refractivity contribution in [3.8, 4) is 5.75 Å². The van der Waals surface area contributed by atoms with Crippen LogP contribution in [0.4, 0.5) is 0 Å². The topological polar surface area (TPSA) is 32.6 Å². The maximum Gasteiger partial charge on any atom is 0.124 e. The summed E-state index contributed by atoms with van der Waals surface area (Å²) in [6.07, 6.45) is 5.21. The van der Waals surface area contributed by atoms with Crippen molar-refractivity contribution in [2.45, 2.75) is 25.3 Å². The second-order valence-electron chi connectivity index (χ2n) is 4.94. The van der Waals surface area contributed by atoms with E-state index in [1.807, 2.05) is 18.2 Å². The fraction of sp³-hybridized carbons (Fsp3) is 0.235. The Labute approximate surface area is 113 Å². The maximum absolute atomic E-state index is 9.74. The molecule has 1 atom stereocenters. The maximum atomic E-state index is 9.74. The number of nitrogens with zero attached hydrogens (tertiary/aromatic N) is 1. The van der Waals surface area contributed by atoms with E-state index in [2.05, 4.69) is 29.3 Å². The Morgan fingerprint density at radius 3 is 2.74 bits per heavy atom. The number of para-hydroxylation sites is 1. The molecule has 0 unspecified atom stereocenters. The van der Waals surface area contributed by atoms with Gasteiger partial charge in [-0.2, -0.15) is 0 Å². The zero-order chi connectivity index (χ0) is 13.1. The molecule has 0 bridgehead atoms. The number of benzene rings is 2. The lowest BCUT2D eigenvalue weighted by molar-refractivity contribution is 0.474. The van der Waals surface area contributed by atoms with E-state index >= 15 is 0 Å². The van der Waals surface area contributed by atoms with Crippen molar-refractivity contribution in [1.29, 1.82) is 0 Å². The molecule has 2 heteroatoms. The van der Waals surface area contributed by atoms with Crippen LogP contribution < -0.4 is 0 Å². The van der Waals surface area contributed by atoms with E-state index in [4.69, 9.17) is 0 Å². The molecule has 96 valence electrons. The molecule has 0 saturated heterocycles. The van der Waals surface area contributed by atoms with E-state index in [1.54, 1.807) is 12.3 Å². The van der Waals surface area contributed by atoms with Crippen LogP contribution in [0, 0.1) is 0 Å². The van der Waals surface area contributed by atoms with Gasteiger partial charge in [0.25, 0.3) is 0 Å². The summed E-state index contributed by atoms with van der Waals surface area (Å²) in [4.78, 5) is 4.67. The van der Waals surface area contributed by atoms with Crippen molar-refractivity contribution < 1.29 is 5.11 Å². The average Bonchev–Trinajstić information content (AvgIpc) is 2.46. The predicted molar refractivity (Wildman–Crippen MR) is 77.8 cm³/mol. The number of aryl methyl sites for hydroxylation is 1. The molecule has 1 N–H and O–H groups in total. The van der Waals surface area contributed by atoms with E-state index < -0.39 is 0 Å². The molecule has 19 heavy (non-hydrogen) atoms. The van der Waals surface area contributed by atoms with Gasteiger partial charge in [-0.3, -0.25) is 4.99 Å². The van der Waals surface area contributed by atoms with Crippen LogP contribution in [0.25, 0.3) is 0 Å². The fourth-order valence-corrected chi connectivity index (χ4v) is 2.65. The minimum atomic E-state index is 0.226. The molecule has 0 aliphatic heterocycles. The van der Waals surface area contributed by atoms with Gasteiger partial charge in [0.05, 0.1) is 6.04 Å². The standard InChI is InChI=1S/C17H17NO/c19-17-11-4-2-7-14(17)12-18-16-10-5-8-13-6-1-3-9-15(13)16/h1-4,6-7,9,11-12,16,19H,5,8,10H2/t16-/m1/s1. The summed E-state index contributed by atoms with van der Waals surface area (Å²) in [5.74, 6) is 0.287. The molecule has 0 heterocycles. The van der Waals surface area contributed by atoms with Crippen molar-refractivity contribution in [2.75, 3.05) is 0 Å². The van der Waals surface area contributed by atoms with Gasteiger partial charge in [0.1, 0.15) is 5.75 Å². The quantitative estimate of drug-likeness (QED) is 0.807. The molecule has 2 aromatic carbocycles. The van der Waals surface area contributed by atoms with E-state index in [9.17, 15) is 5.11 Å². The fourth-order valence-electron chi connectivity index (χ4n) is 2.65. The van der Waals surface area contributed by atoms with Crippen molar-refractivity contribution in [2.24, 2.45) is 4.99 Å². The first kappa shape index (κ1) is 12.0. The number of fused-ring (bicyclic) bond motifs is 1. The van der Waals surface area contributed by atoms with Crippen molar-refractivity contribution in [3.63, 3.8) is 0 Å². The summed E-state index contributed by atoms with van der Waals surface area (Å²) in [7, 11) is 0. The Kier molecular flexibility index (Phi) is 3.32. The van der Waals surface area contributed by atoms with Gasteiger partial charge in [-0.05, 0) is 42.5 Å². The summed E-state index contributed by atoms with van der Waals surface area (Å²) in [6, 6.07) is 16.1. The molecular weight excluding hydrogens is 234 g/mol. The molecule has 2 nitrogen and oxygen atoms in total. The minimum Gasteiger partial charge on any atom is -0.507 e. The van der Waals surface area contributed by atoms with Gasteiger partial charge in [0, 0.05) is 11.8 Å². The van der Waals surface area contributed by atoms with Gasteiger partial charge in [-0.25, -0.2) is 0 Å². The van der Waals surface area contributed by atoms with E-state index in [0.717, 1.165) is 18.4 Å². The SMILES string of the molecule is Oc1ccccc1C=N[C@@H]1CCCc2ccccc21. The van der Waals surface area contributed by atoms with Gasteiger partial charge >= 0.3 is 0 Å². The smallest absolute Gasteiger partial charge is 0.124 e. The summed E-state index contributed by atoms with van der Waals surface area (Å²) in [5.41, 5.74) is 3.53. The lowest BCUT2D eigenvalue weighted by Gasteiger charge is -2.22. The Balaban J connectivity index is 1.87. The Bertz CT molecular complexity index is 604. The van der Waals surface area contributed by atoms with E-state index in [-0.39, 0.29) is 11.8 Å². The van der Waals surface area contributed by atoms with Gasteiger partial charge in [0.2, 0.25) is 0 Å². The first-order chi connectivity index (χ1) is 9.34. The summed E-state index contributed by atoms with van der Waals surface area (Å²) < 4.78 is 0. The minimum absolute atomic E-state index is 0.226. The van der Waals surface area contributed by atoms with Gasteiger partial charge in [-0.15, -0.1) is 0 Å². The van der Waals surface area contributed by atoms with Crippen molar-refractivity contribution in [3.05, 3.63) is 65.2 Å². The summed E-state index contributed by atoms with van der Waals surface area (Å²) in [5, 5.41) is 9.74. The Morgan fingerprint density at radius 2 is 1.84 bits per heavy atom. The van der Waals surface area contributed by atoms with Gasteiger partial charge < -0.3 is 5.11 Å². The molecule has 0 saturated carbocycles. The number of hydrogen-bond acceptors (Lipinski definition) is 2. The van der Waals surface area contributed by atoms with Crippen LogP contribution in [0.3, 0.4) is 0 Å². The number of hydrogen-bond donors (Lipinski definition) is 1. The zero-order valence-electron chi connectivity index (χ0n) is 10.8. The van der Waals surface area contributed by atoms with Crippen LogP contribution in [0.5, 0.6) is 5.75 Å². The third-order valence-corrected chi connectivity index (χ3v) is 3.67. The first-order valence-electron chi connectivity index (χ1n) is 6.73. The lowest BCUT2D eigenvalue weighted by Crippen LogP contribution is -2.07. The van der Waals surface area contributed by atoms with Crippen LogP contribution in [0.2, 0.25) is 0 Å². The third kappa shape index (κ3) is 2.53. The van der Waals surface area contributed by atoms with Crippen LogP contribution in [0.1, 0.15) is 35.6 Å².